The van der Waals surface area contributed by atoms with Crippen LogP contribution < -0.4 is 0 Å². The number of hydrogen-bond donors (Lipinski definition) is 1. The van der Waals surface area contributed by atoms with Crippen molar-refractivity contribution in [2.45, 2.75) is 20.0 Å². The molecule has 1 N–H and O–H groups in total. The van der Waals surface area contributed by atoms with Crippen LogP contribution in [0.5, 0.6) is 0 Å². The molecule has 1 aliphatic heterocycles. The maximum atomic E-state index is 12.1. The maximum absolute atomic E-state index is 12.1. The number of ether oxygens (including phenoxy) is 1. The summed E-state index contributed by atoms with van der Waals surface area (Å²) in [5.41, 5.74) is 0.931. The molecule has 0 radical (unpaired) electrons. The van der Waals surface area contributed by atoms with Crippen molar-refractivity contribution in [3.8, 4) is 0 Å². The van der Waals surface area contributed by atoms with E-state index in [9.17, 15) is 9.59 Å². The van der Waals surface area contributed by atoms with Crippen LogP contribution in [0.4, 0.5) is 0 Å². The molecule has 1 aliphatic rings. The third-order valence-corrected chi connectivity index (χ3v) is 2.98. The average Bonchev–Trinajstić information content (AvgIpc) is 2.35. The highest BCUT2D eigenvalue weighted by Crippen LogP contribution is 2.06. The Morgan fingerprint density at radius 1 is 1.53 bits per heavy atom. The van der Waals surface area contributed by atoms with Gasteiger partial charge in [-0.2, -0.15) is 0 Å². The van der Waals surface area contributed by atoms with Gasteiger partial charge in [-0.25, -0.2) is 4.79 Å². The predicted octanol–water partition coefficient (Wildman–Crippen LogP) is 0.196. The highest BCUT2D eigenvalue weighted by atomic mass is 16.5. The fraction of sp³-hybridized carbons (Fsp3) is 0.692. The van der Waals surface area contributed by atoms with E-state index in [1.807, 2.05) is 18.7 Å². The number of aliphatic carboxylic acids is 1. The Morgan fingerprint density at radius 2 is 2.21 bits per heavy atom. The molecule has 0 aromatic carbocycles. The molecule has 19 heavy (non-hydrogen) atoms. The van der Waals surface area contributed by atoms with Gasteiger partial charge in [-0.05, 0) is 13.8 Å². The molecular weight excluding hydrogens is 248 g/mol. The van der Waals surface area contributed by atoms with Gasteiger partial charge >= 0.3 is 5.97 Å². The largest absolute Gasteiger partial charge is 0.479 e. The van der Waals surface area contributed by atoms with Crippen LogP contribution in [0.2, 0.25) is 0 Å². The summed E-state index contributed by atoms with van der Waals surface area (Å²) in [6.45, 7) is 10.2. The molecule has 1 atom stereocenters. The molecule has 0 aromatic heterocycles. The van der Waals surface area contributed by atoms with Crippen LogP contribution >= 0.6 is 0 Å². The summed E-state index contributed by atoms with van der Waals surface area (Å²) in [5.74, 6) is -0.983. The van der Waals surface area contributed by atoms with Gasteiger partial charge in [0.25, 0.3) is 0 Å². The second-order valence-electron chi connectivity index (χ2n) is 4.80. The zero-order valence-corrected chi connectivity index (χ0v) is 11.6. The van der Waals surface area contributed by atoms with Gasteiger partial charge in [0.15, 0.2) is 6.10 Å². The van der Waals surface area contributed by atoms with E-state index in [1.54, 1.807) is 4.90 Å². The number of carboxylic acid groups (broad SMARTS) is 1. The number of morpholine rings is 1. The van der Waals surface area contributed by atoms with Gasteiger partial charge in [0.2, 0.25) is 5.91 Å². The van der Waals surface area contributed by atoms with Gasteiger partial charge in [0, 0.05) is 26.2 Å². The van der Waals surface area contributed by atoms with Crippen molar-refractivity contribution >= 4 is 11.9 Å². The minimum atomic E-state index is -0.980. The number of carboxylic acids is 1. The fourth-order valence-electron chi connectivity index (χ4n) is 1.99. The third kappa shape index (κ3) is 5.00. The Kier molecular flexibility index (Phi) is 5.98. The van der Waals surface area contributed by atoms with E-state index < -0.39 is 12.1 Å². The van der Waals surface area contributed by atoms with E-state index in [0.29, 0.717) is 26.2 Å². The number of rotatable bonds is 6. The number of carbonyl (C=O) groups excluding carboxylic acids is 1. The Bertz CT molecular complexity index is 357. The summed E-state index contributed by atoms with van der Waals surface area (Å²) >= 11 is 0. The fourth-order valence-corrected chi connectivity index (χ4v) is 1.99. The van der Waals surface area contributed by atoms with Crippen molar-refractivity contribution in [2.24, 2.45) is 0 Å². The van der Waals surface area contributed by atoms with Crippen LogP contribution in [0, 0.1) is 0 Å². The minimum Gasteiger partial charge on any atom is -0.479 e. The number of carbonyl (C=O) groups is 2. The second kappa shape index (κ2) is 7.25. The van der Waals surface area contributed by atoms with Crippen molar-refractivity contribution < 1.29 is 19.4 Å². The summed E-state index contributed by atoms with van der Waals surface area (Å²) < 4.78 is 5.12. The molecule has 1 saturated heterocycles. The molecular formula is C13H22N2O4. The molecule has 1 unspecified atom stereocenters. The van der Waals surface area contributed by atoms with Crippen LogP contribution in [0.1, 0.15) is 13.8 Å². The van der Waals surface area contributed by atoms with Gasteiger partial charge in [-0.15, -0.1) is 0 Å². The molecule has 1 heterocycles. The molecule has 0 bridgehead atoms. The van der Waals surface area contributed by atoms with E-state index in [-0.39, 0.29) is 19.0 Å². The summed E-state index contributed by atoms with van der Waals surface area (Å²) in [7, 11) is 0. The smallest absolute Gasteiger partial charge is 0.334 e. The van der Waals surface area contributed by atoms with Gasteiger partial charge in [-0.1, -0.05) is 12.2 Å². The summed E-state index contributed by atoms with van der Waals surface area (Å²) in [6, 6.07) is 0. The molecule has 6 nitrogen and oxygen atoms in total. The van der Waals surface area contributed by atoms with E-state index in [4.69, 9.17) is 9.84 Å². The molecule has 108 valence electrons. The van der Waals surface area contributed by atoms with Gasteiger partial charge in [0.05, 0.1) is 13.2 Å². The van der Waals surface area contributed by atoms with Gasteiger partial charge in [0.1, 0.15) is 0 Å². The number of hydrogen-bond acceptors (Lipinski definition) is 4. The average molecular weight is 270 g/mol. The molecule has 0 aliphatic carbocycles. The first kappa shape index (κ1) is 15.7. The van der Waals surface area contributed by atoms with E-state index in [1.165, 1.54) is 0 Å². The van der Waals surface area contributed by atoms with Crippen LogP contribution in [0.15, 0.2) is 12.2 Å². The van der Waals surface area contributed by atoms with Crippen LogP contribution in [0.3, 0.4) is 0 Å². The lowest BCUT2D eigenvalue weighted by Crippen LogP contribution is -2.50. The minimum absolute atomic E-state index is 0.00320. The lowest BCUT2D eigenvalue weighted by molar-refractivity contribution is -0.157. The summed E-state index contributed by atoms with van der Waals surface area (Å²) in [6.07, 6.45) is -0.835. The van der Waals surface area contributed by atoms with Crippen LogP contribution in [-0.4, -0.2) is 72.2 Å². The third-order valence-electron chi connectivity index (χ3n) is 2.98. The van der Waals surface area contributed by atoms with Crippen molar-refractivity contribution in [2.75, 3.05) is 39.3 Å². The van der Waals surface area contributed by atoms with Gasteiger partial charge < -0.3 is 14.7 Å². The second-order valence-corrected chi connectivity index (χ2v) is 4.80. The zero-order chi connectivity index (χ0) is 14.4. The van der Waals surface area contributed by atoms with E-state index >= 15 is 0 Å². The van der Waals surface area contributed by atoms with E-state index in [2.05, 4.69) is 6.58 Å². The van der Waals surface area contributed by atoms with Crippen molar-refractivity contribution in [3.05, 3.63) is 12.2 Å². The number of nitrogens with zero attached hydrogens (tertiary/aromatic N) is 2. The first-order chi connectivity index (χ1) is 8.93. The Hall–Kier alpha value is -1.40. The Morgan fingerprint density at radius 3 is 2.74 bits per heavy atom. The van der Waals surface area contributed by atoms with Crippen molar-refractivity contribution in [1.29, 1.82) is 0 Å². The first-order valence-corrected chi connectivity index (χ1v) is 6.43. The number of amides is 1. The van der Waals surface area contributed by atoms with Crippen LogP contribution in [-0.2, 0) is 14.3 Å². The topological polar surface area (TPSA) is 70.1 Å². The SMILES string of the molecule is C=C(C)CN(CC)C(=O)CN1CCOC(C(=O)O)C1. The monoisotopic (exact) mass is 270 g/mol. The van der Waals surface area contributed by atoms with Crippen molar-refractivity contribution in [1.82, 2.24) is 9.80 Å². The quantitative estimate of drug-likeness (QED) is 0.698. The Labute approximate surface area is 113 Å². The Balaban J connectivity index is 2.50. The molecule has 0 spiro atoms. The lowest BCUT2D eigenvalue weighted by atomic mass is 10.2. The van der Waals surface area contributed by atoms with Crippen LogP contribution in [0.25, 0.3) is 0 Å². The van der Waals surface area contributed by atoms with Crippen molar-refractivity contribution in [3.63, 3.8) is 0 Å². The molecule has 6 heteroatoms. The van der Waals surface area contributed by atoms with E-state index in [0.717, 1.165) is 5.57 Å². The molecule has 0 saturated carbocycles. The molecule has 1 rings (SSSR count). The predicted molar refractivity (Wildman–Crippen MR) is 70.9 cm³/mol. The molecule has 0 aromatic rings. The lowest BCUT2D eigenvalue weighted by Gasteiger charge is -2.32. The molecule has 1 fully saturated rings. The number of likely N-dealkylation sites (N-methyl/N-ethyl adjacent to an activating group) is 1. The molecule has 1 amide bonds. The summed E-state index contributed by atoms with van der Waals surface area (Å²) in [5, 5.41) is 8.91. The highest BCUT2D eigenvalue weighted by molar-refractivity contribution is 5.79. The first-order valence-electron chi connectivity index (χ1n) is 6.43. The zero-order valence-electron chi connectivity index (χ0n) is 11.6. The van der Waals surface area contributed by atoms with Gasteiger partial charge in [-0.3, -0.25) is 9.69 Å². The summed E-state index contributed by atoms with van der Waals surface area (Å²) in [4.78, 5) is 26.5. The maximum Gasteiger partial charge on any atom is 0.334 e. The standard InChI is InChI=1S/C13H22N2O4/c1-4-15(7-10(2)3)12(16)9-14-5-6-19-11(8-14)13(17)18/h11H,2,4-9H2,1,3H3,(H,17,18). The normalized spacial score (nSPS) is 20.0. The highest BCUT2D eigenvalue weighted by Gasteiger charge is 2.28.